The minimum atomic E-state index is -3.63. The van der Waals surface area contributed by atoms with Crippen molar-refractivity contribution in [3.05, 3.63) is 23.5 Å². The second kappa shape index (κ2) is 5.24. The minimum absolute atomic E-state index is 0.0594. The molecule has 0 bridgehead atoms. The van der Waals surface area contributed by atoms with Gasteiger partial charge in [0.15, 0.2) is 0 Å². The van der Waals surface area contributed by atoms with Gasteiger partial charge in [-0.05, 0) is 38.0 Å². The predicted octanol–water partition coefficient (Wildman–Crippen LogP) is 2.14. The zero-order valence-electron chi connectivity index (χ0n) is 11.1. The number of halogens is 1. The topological polar surface area (TPSA) is 63.4 Å². The summed E-state index contributed by atoms with van der Waals surface area (Å²) in [5.41, 5.74) is 5.64. The van der Waals surface area contributed by atoms with Crippen LogP contribution in [-0.2, 0) is 10.0 Å². The molecule has 1 atom stereocenters. The average molecular weight is 274 g/mol. The summed E-state index contributed by atoms with van der Waals surface area (Å²) in [6.45, 7) is 5.28. The molecule has 1 aromatic carbocycles. The summed E-state index contributed by atoms with van der Waals surface area (Å²) in [4.78, 5) is 0.0594. The smallest absolute Gasteiger partial charge is 0.243 e. The maximum Gasteiger partial charge on any atom is 0.243 e. The highest BCUT2D eigenvalue weighted by atomic mass is 32.2. The Morgan fingerprint density at radius 1 is 1.44 bits per heavy atom. The van der Waals surface area contributed by atoms with E-state index in [1.807, 2.05) is 13.8 Å². The molecular formula is C12H19FN2O2S. The maximum absolute atomic E-state index is 13.2. The Hall–Kier alpha value is -1.14. The van der Waals surface area contributed by atoms with Crippen LogP contribution in [-0.4, -0.2) is 25.8 Å². The molecule has 0 spiro atoms. The zero-order chi connectivity index (χ0) is 14.1. The molecule has 102 valence electrons. The number of rotatable bonds is 4. The molecule has 4 nitrogen and oxygen atoms in total. The van der Waals surface area contributed by atoms with Gasteiger partial charge in [0, 0.05) is 13.1 Å². The molecule has 1 rings (SSSR count). The molecule has 0 saturated carbocycles. The van der Waals surface area contributed by atoms with Crippen LogP contribution >= 0.6 is 0 Å². The Labute approximate surface area is 108 Å². The summed E-state index contributed by atoms with van der Waals surface area (Å²) in [5.74, 6) is -0.599. The Morgan fingerprint density at radius 3 is 2.50 bits per heavy atom. The molecule has 0 aromatic heterocycles. The number of sulfonamides is 1. The molecule has 6 heteroatoms. The van der Waals surface area contributed by atoms with Crippen molar-refractivity contribution >= 4 is 15.7 Å². The predicted molar refractivity (Wildman–Crippen MR) is 70.3 cm³/mol. The Morgan fingerprint density at radius 2 is 2.00 bits per heavy atom. The maximum atomic E-state index is 13.2. The van der Waals surface area contributed by atoms with E-state index in [1.54, 1.807) is 6.92 Å². The van der Waals surface area contributed by atoms with Crippen LogP contribution in [0.2, 0.25) is 0 Å². The van der Waals surface area contributed by atoms with Crippen molar-refractivity contribution in [3.63, 3.8) is 0 Å². The summed E-state index contributed by atoms with van der Waals surface area (Å²) in [5, 5.41) is 0. The second-order valence-corrected chi connectivity index (χ2v) is 6.38. The first kappa shape index (κ1) is 14.9. The lowest BCUT2D eigenvalue weighted by Gasteiger charge is -2.24. The molecule has 1 unspecified atom stereocenters. The largest absolute Gasteiger partial charge is 0.396 e. The van der Waals surface area contributed by atoms with Crippen molar-refractivity contribution < 1.29 is 12.8 Å². The van der Waals surface area contributed by atoms with Crippen molar-refractivity contribution in [3.8, 4) is 0 Å². The number of anilines is 1. The average Bonchev–Trinajstić information content (AvgIpc) is 2.31. The quantitative estimate of drug-likeness (QED) is 0.856. The van der Waals surface area contributed by atoms with Crippen LogP contribution < -0.4 is 5.73 Å². The normalized spacial score (nSPS) is 13.9. The fraction of sp³-hybridized carbons (Fsp3) is 0.500. The number of aryl methyl sites for hydroxylation is 1. The van der Waals surface area contributed by atoms with Gasteiger partial charge in [-0.1, -0.05) is 6.92 Å². The number of hydrogen-bond acceptors (Lipinski definition) is 3. The number of hydrogen-bond donors (Lipinski definition) is 1. The zero-order valence-corrected chi connectivity index (χ0v) is 11.9. The van der Waals surface area contributed by atoms with Crippen molar-refractivity contribution in [2.75, 3.05) is 12.8 Å². The van der Waals surface area contributed by atoms with Crippen molar-refractivity contribution in [2.24, 2.45) is 0 Å². The number of nitrogens with two attached hydrogens (primary N) is 1. The fourth-order valence-electron chi connectivity index (χ4n) is 1.60. The number of nitrogens with zero attached hydrogens (tertiary/aromatic N) is 1. The van der Waals surface area contributed by atoms with E-state index in [9.17, 15) is 12.8 Å². The lowest BCUT2D eigenvalue weighted by Crippen LogP contribution is -2.35. The van der Waals surface area contributed by atoms with Crippen molar-refractivity contribution in [1.29, 1.82) is 0 Å². The van der Waals surface area contributed by atoms with Gasteiger partial charge >= 0.3 is 0 Å². The third kappa shape index (κ3) is 2.64. The van der Waals surface area contributed by atoms with Gasteiger partial charge in [-0.3, -0.25) is 0 Å². The summed E-state index contributed by atoms with van der Waals surface area (Å²) >= 11 is 0. The molecule has 18 heavy (non-hydrogen) atoms. The van der Waals surface area contributed by atoms with Gasteiger partial charge in [0.05, 0.1) is 10.6 Å². The van der Waals surface area contributed by atoms with Crippen LogP contribution in [0.3, 0.4) is 0 Å². The van der Waals surface area contributed by atoms with Crippen LogP contribution in [0.15, 0.2) is 17.0 Å². The van der Waals surface area contributed by atoms with Crippen LogP contribution in [0.4, 0.5) is 10.1 Å². The van der Waals surface area contributed by atoms with Crippen LogP contribution in [0, 0.1) is 12.7 Å². The molecular weight excluding hydrogens is 255 g/mol. The molecule has 0 aliphatic heterocycles. The highest BCUT2D eigenvalue weighted by Crippen LogP contribution is 2.25. The standard InChI is InChI=1S/C12H19FN2O2S/c1-5-9(3)15(4)18(16,17)12-7-11(14)10(13)6-8(12)2/h6-7,9H,5,14H2,1-4H3. The third-order valence-electron chi connectivity index (χ3n) is 3.16. The molecule has 0 radical (unpaired) electrons. The lowest BCUT2D eigenvalue weighted by molar-refractivity contribution is 0.380. The van der Waals surface area contributed by atoms with Crippen molar-refractivity contribution in [2.45, 2.75) is 38.1 Å². The first-order valence-corrected chi connectivity index (χ1v) is 7.19. The fourth-order valence-corrected chi connectivity index (χ4v) is 3.27. The molecule has 0 saturated heterocycles. The minimum Gasteiger partial charge on any atom is -0.396 e. The van der Waals surface area contributed by atoms with Gasteiger partial charge in [-0.15, -0.1) is 0 Å². The van der Waals surface area contributed by atoms with E-state index in [2.05, 4.69) is 0 Å². The van der Waals surface area contributed by atoms with Gasteiger partial charge in [-0.25, -0.2) is 12.8 Å². The summed E-state index contributed by atoms with van der Waals surface area (Å²) in [7, 11) is -2.12. The van der Waals surface area contributed by atoms with Crippen LogP contribution in [0.1, 0.15) is 25.8 Å². The van der Waals surface area contributed by atoms with Crippen LogP contribution in [0.5, 0.6) is 0 Å². The first-order chi connectivity index (χ1) is 8.21. The van der Waals surface area contributed by atoms with E-state index in [0.717, 1.165) is 6.07 Å². The van der Waals surface area contributed by atoms with Gasteiger partial charge in [0.25, 0.3) is 0 Å². The highest BCUT2D eigenvalue weighted by molar-refractivity contribution is 7.89. The Kier molecular flexibility index (Phi) is 4.34. The lowest BCUT2D eigenvalue weighted by atomic mass is 10.2. The molecule has 0 aliphatic carbocycles. The molecule has 1 aromatic rings. The molecule has 0 aliphatic rings. The number of benzene rings is 1. The number of nitrogen functional groups attached to an aromatic ring is 1. The van der Waals surface area contributed by atoms with Crippen LogP contribution in [0.25, 0.3) is 0 Å². The summed E-state index contributed by atoms with van der Waals surface area (Å²) in [6, 6.07) is 2.20. The highest BCUT2D eigenvalue weighted by Gasteiger charge is 2.26. The SMILES string of the molecule is CCC(C)N(C)S(=O)(=O)c1cc(N)c(F)cc1C. The summed E-state index contributed by atoms with van der Waals surface area (Å²) < 4.78 is 39.3. The summed E-state index contributed by atoms with van der Waals surface area (Å²) in [6.07, 6.45) is 0.700. The van der Waals surface area contributed by atoms with E-state index in [1.165, 1.54) is 17.4 Å². The third-order valence-corrected chi connectivity index (χ3v) is 5.28. The van der Waals surface area contributed by atoms with E-state index < -0.39 is 15.8 Å². The Balaban J connectivity index is 3.33. The second-order valence-electron chi connectivity index (χ2n) is 4.42. The Bertz CT molecular complexity index is 543. The van der Waals surface area contributed by atoms with Gasteiger partial charge in [0.2, 0.25) is 10.0 Å². The van der Waals surface area contributed by atoms with E-state index in [4.69, 9.17) is 5.73 Å². The molecule has 0 heterocycles. The van der Waals surface area contributed by atoms with E-state index >= 15 is 0 Å². The first-order valence-electron chi connectivity index (χ1n) is 5.75. The van der Waals surface area contributed by atoms with Gasteiger partial charge in [-0.2, -0.15) is 4.31 Å². The molecule has 2 N–H and O–H groups in total. The monoisotopic (exact) mass is 274 g/mol. The van der Waals surface area contributed by atoms with Gasteiger partial charge in [0.1, 0.15) is 5.82 Å². The van der Waals surface area contributed by atoms with E-state index in [-0.39, 0.29) is 16.6 Å². The molecule has 0 fully saturated rings. The van der Waals surface area contributed by atoms with Crippen molar-refractivity contribution in [1.82, 2.24) is 4.31 Å². The van der Waals surface area contributed by atoms with Gasteiger partial charge < -0.3 is 5.73 Å². The molecule has 0 amide bonds. The van der Waals surface area contributed by atoms with E-state index in [0.29, 0.717) is 12.0 Å².